The first-order chi connectivity index (χ1) is 11.8. The number of nitrogens with two attached hydrogens (primary N) is 1. The van der Waals surface area contributed by atoms with Crippen LogP contribution in [0.4, 0.5) is 4.79 Å². The van der Waals surface area contributed by atoms with Crippen molar-refractivity contribution in [1.82, 2.24) is 10.6 Å². The van der Waals surface area contributed by atoms with Crippen LogP contribution in [-0.2, 0) is 20.9 Å². The minimum absolute atomic E-state index is 0.113. The normalized spacial score (nSPS) is 13.0. The summed E-state index contributed by atoms with van der Waals surface area (Å²) in [6.07, 6.45) is 0.117. The third-order valence-electron chi connectivity index (χ3n) is 3.60. The van der Waals surface area contributed by atoms with Gasteiger partial charge in [0.25, 0.3) is 0 Å². The number of alkyl carbamates (subject to hydrolysis) is 1. The smallest absolute Gasteiger partial charge is 0.408 e. The molecule has 0 aliphatic rings. The number of benzene rings is 1. The quantitative estimate of drug-likeness (QED) is 0.630. The summed E-state index contributed by atoms with van der Waals surface area (Å²) in [6.45, 7) is 5.72. The molecule has 0 radical (unpaired) electrons. The van der Waals surface area contributed by atoms with Gasteiger partial charge in [-0.2, -0.15) is 0 Å². The van der Waals surface area contributed by atoms with Gasteiger partial charge in [0, 0.05) is 0 Å². The van der Waals surface area contributed by atoms with Crippen molar-refractivity contribution in [3.8, 4) is 0 Å². The van der Waals surface area contributed by atoms with E-state index in [-0.39, 0.29) is 12.5 Å². The molecule has 0 aromatic heterocycles. The lowest BCUT2D eigenvalue weighted by molar-refractivity contribution is -0.128. The third-order valence-corrected chi connectivity index (χ3v) is 3.60. The van der Waals surface area contributed by atoms with E-state index in [0.717, 1.165) is 5.56 Å². The molecule has 0 saturated heterocycles. The lowest BCUT2D eigenvalue weighted by Crippen LogP contribution is -2.53. The van der Waals surface area contributed by atoms with Crippen LogP contribution in [0.1, 0.15) is 39.2 Å². The fourth-order valence-electron chi connectivity index (χ4n) is 2.26. The molecule has 1 rings (SSSR count). The predicted molar refractivity (Wildman–Crippen MR) is 94.4 cm³/mol. The van der Waals surface area contributed by atoms with Crippen molar-refractivity contribution in [2.24, 2.45) is 11.7 Å². The number of amides is 3. The molecular formula is C18H27N3O4. The highest BCUT2D eigenvalue weighted by Crippen LogP contribution is 2.07. The van der Waals surface area contributed by atoms with Gasteiger partial charge in [0.1, 0.15) is 18.7 Å². The van der Waals surface area contributed by atoms with Gasteiger partial charge < -0.3 is 21.1 Å². The lowest BCUT2D eigenvalue weighted by atomic mass is 10.0. The maximum atomic E-state index is 12.4. The van der Waals surface area contributed by atoms with Crippen LogP contribution in [0.25, 0.3) is 0 Å². The van der Waals surface area contributed by atoms with Gasteiger partial charge in [0.2, 0.25) is 11.8 Å². The predicted octanol–water partition coefficient (Wildman–Crippen LogP) is 1.71. The summed E-state index contributed by atoms with van der Waals surface area (Å²) >= 11 is 0. The van der Waals surface area contributed by atoms with Gasteiger partial charge in [0.15, 0.2) is 0 Å². The zero-order valence-corrected chi connectivity index (χ0v) is 15.0. The molecular weight excluding hydrogens is 322 g/mol. The minimum Gasteiger partial charge on any atom is -0.445 e. The third kappa shape index (κ3) is 7.69. The van der Waals surface area contributed by atoms with Gasteiger partial charge in [-0.3, -0.25) is 9.59 Å². The van der Waals surface area contributed by atoms with E-state index in [0.29, 0.717) is 12.8 Å². The van der Waals surface area contributed by atoms with Gasteiger partial charge in [-0.1, -0.05) is 51.1 Å². The standard InChI is InChI=1S/C18H27N3O4/c1-4-14(16(19)22)20-17(23)15(10-12(2)3)21-18(24)25-11-13-8-6-5-7-9-13/h5-9,12,14-15H,4,10-11H2,1-3H3,(H2,19,22)(H,20,23)(H,21,24)/t14-,15+/m1/s1. The Hall–Kier alpha value is -2.57. The van der Waals surface area contributed by atoms with Crippen LogP contribution in [0, 0.1) is 5.92 Å². The molecule has 2 atom stereocenters. The van der Waals surface area contributed by atoms with Crippen molar-refractivity contribution < 1.29 is 19.1 Å². The number of carbonyl (C=O) groups is 3. The monoisotopic (exact) mass is 349 g/mol. The summed E-state index contributed by atoms with van der Waals surface area (Å²) in [5, 5.41) is 5.13. The summed E-state index contributed by atoms with van der Waals surface area (Å²) in [6, 6.07) is 7.69. The van der Waals surface area contributed by atoms with Gasteiger partial charge in [-0.25, -0.2) is 4.79 Å². The van der Waals surface area contributed by atoms with Gasteiger partial charge >= 0.3 is 6.09 Å². The second-order valence-corrected chi connectivity index (χ2v) is 6.26. The molecule has 25 heavy (non-hydrogen) atoms. The van der Waals surface area contributed by atoms with Crippen molar-refractivity contribution in [3.05, 3.63) is 35.9 Å². The fraction of sp³-hybridized carbons (Fsp3) is 0.500. The Morgan fingerprint density at radius 3 is 2.24 bits per heavy atom. The summed E-state index contributed by atoms with van der Waals surface area (Å²) in [5.41, 5.74) is 6.09. The SMILES string of the molecule is CC[C@@H](NC(=O)[C@H](CC(C)C)NC(=O)OCc1ccccc1)C(N)=O. The minimum atomic E-state index is -0.795. The zero-order chi connectivity index (χ0) is 18.8. The molecule has 0 fully saturated rings. The number of rotatable bonds is 9. The molecule has 0 spiro atoms. The second kappa shape index (κ2) is 10.3. The fourth-order valence-corrected chi connectivity index (χ4v) is 2.26. The number of hydrogen-bond acceptors (Lipinski definition) is 4. The Kier molecular flexibility index (Phi) is 8.46. The number of ether oxygens (including phenoxy) is 1. The molecule has 7 heteroatoms. The van der Waals surface area contributed by atoms with Crippen molar-refractivity contribution in [3.63, 3.8) is 0 Å². The van der Waals surface area contributed by atoms with Crippen LogP contribution in [-0.4, -0.2) is 30.0 Å². The highest BCUT2D eigenvalue weighted by molar-refractivity contribution is 5.90. The van der Waals surface area contributed by atoms with Gasteiger partial charge in [-0.05, 0) is 24.3 Å². The lowest BCUT2D eigenvalue weighted by Gasteiger charge is -2.22. The largest absolute Gasteiger partial charge is 0.445 e. The topological polar surface area (TPSA) is 111 Å². The number of primary amides is 1. The van der Waals surface area contributed by atoms with Gasteiger partial charge in [0.05, 0.1) is 0 Å². The van der Waals surface area contributed by atoms with Crippen LogP contribution < -0.4 is 16.4 Å². The molecule has 1 aromatic carbocycles. The molecule has 0 aliphatic heterocycles. The van der Waals surface area contributed by atoms with Crippen molar-refractivity contribution in [1.29, 1.82) is 0 Å². The van der Waals surface area contributed by atoms with E-state index in [1.165, 1.54) is 0 Å². The van der Waals surface area contributed by atoms with Crippen molar-refractivity contribution in [2.45, 2.75) is 52.3 Å². The number of nitrogens with one attached hydrogen (secondary N) is 2. The van der Waals surface area contributed by atoms with E-state index in [2.05, 4.69) is 10.6 Å². The second-order valence-electron chi connectivity index (χ2n) is 6.26. The van der Waals surface area contributed by atoms with E-state index < -0.39 is 30.0 Å². The Bertz CT molecular complexity index is 575. The zero-order valence-electron chi connectivity index (χ0n) is 15.0. The molecule has 138 valence electrons. The van der Waals surface area contributed by atoms with E-state index in [1.807, 2.05) is 44.2 Å². The number of hydrogen-bond donors (Lipinski definition) is 3. The van der Waals surface area contributed by atoms with Crippen molar-refractivity contribution in [2.75, 3.05) is 0 Å². The first-order valence-electron chi connectivity index (χ1n) is 8.40. The van der Waals surface area contributed by atoms with Crippen molar-refractivity contribution >= 4 is 17.9 Å². The molecule has 3 amide bonds. The average Bonchev–Trinajstić information content (AvgIpc) is 2.57. The Balaban J connectivity index is 2.63. The molecule has 7 nitrogen and oxygen atoms in total. The van der Waals surface area contributed by atoms with E-state index in [4.69, 9.17) is 10.5 Å². The maximum absolute atomic E-state index is 12.4. The maximum Gasteiger partial charge on any atom is 0.408 e. The number of carbonyl (C=O) groups excluding carboxylic acids is 3. The first kappa shape index (κ1) is 20.5. The Labute approximate surface area is 148 Å². The summed E-state index contributed by atoms with van der Waals surface area (Å²) in [4.78, 5) is 35.7. The Morgan fingerprint density at radius 2 is 1.72 bits per heavy atom. The summed E-state index contributed by atoms with van der Waals surface area (Å²) in [7, 11) is 0. The summed E-state index contributed by atoms with van der Waals surface area (Å²) < 4.78 is 5.15. The van der Waals surface area contributed by atoms with Crippen LogP contribution in [0.5, 0.6) is 0 Å². The van der Waals surface area contributed by atoms with E-state index in [1.54, 1.807) is 6.92 Å². The average molecular weight is 349 g/mol. The highest BCUT2D eigenvalue weighted by atomic mass is 16.5. The molecule has 4 N–H and O–H groups in total. The molecule has 1 aromatic rings. The van der Waals surface area contributed by atoms with Crippen LogP contribution in [0.3, 0.4) is 0 Å². The molecule has 0 unspecified atom stereocenters. The van der Waals surface area contributed by atoms with E-state index in [9.17, 15) is 14.4 Å². The molecule has 0 heterocycles. The van der Waals surface area contributed by atoms with E-state index >= 15 is 0 Å². The van der Waals surface area contributed by atoms with Crippen LogP contribution >= 0.6 is 0 Å². The molecule has 0 bridgehead atoms. The molecule has 0 saturated carbocycles. The molecule has 0 aliphatic carbocycles. The highest BCUT2D eigenvalue weighted by Gasteiger charge is 2.26. The van der Waals surface area contributed by atoms with Crippen LogP contribution in [0.15, 0.2) is 30.3 Å². The Morgan fingerprint density at radius 1 is 1.08 bits per heavy atom. The first-order valence-corrected chi connectivity index (χ1v) is 8.40. The summed E-state index contributed by atoms with van der Waals surface area (Å²) in [5.74, 6) is -0.888. The van der Waals surface area contributed by atoms with Gasteiger partial charge in [-0.15, -0.1) is 0 Å². The van der Waals surface area contributed by atoms with Crippen LogP contribution in [0.2, 0.25) is 0 Å².